The number of halogens is 6. The predicted octanol–water partition coefficient (Wildman–Crippen LogP) is 10.4. The van der Waals surface area contributed by atoms with Crippen LogP contribution in [0.1, 0.15) is 66.2 Å². The van der Waals surface area contributed by atoms with Crippen LogP contribution < -0.4 is 0 Å². The summed E-state index contributed by atoms with van der Waals surface area (Å²) >= 11 is 8.36. The number of ether oxygens (including phenoxy) is 1. The molecule has 0 atom stereocenters. The Labute approximate surface area is 245 Å². The van der Waals surface area contributed by atoms with Crippen LogP contribution in [-0.4, -0.2) is 34.8 Å². The van der Waals surface area contributed by atoms with Gasteiger partial charge in [0.15, 0.2) is 0 Å². The third kappa shape index (κ3) is 111. The maximum atomic E-state index is 10.5. The van der Waals surface area contributed by atoms with Gasteiger partial charge in [0.25, 0.3) is 0 Å². The average Bonchev–Trinajstić information content (AvgIpc) is 2.61. The first-order chi connectivity index (χ1) is 14.3. The molecule has 0 aromatic rings. The summed E-state index contributed by atoms with van der Waals surface area (Å²) in [6, 6.07) is 0. The number of carboxylic acids is 1. The fourth-order valence-electron chi connectivity index (χ4n) is 1.08. The van der Waals surface area contributed by atoms with E-state index >= 15 is 0 Å². The summed E-state index contributed by atoms with van der Waals surface area (Å²) in [4.78, 5) is 22.6. The van der Waals surface area contributed by atoms with Crippen molar-refractivity contribution in [1.82, 2.24) is 0 Å². The van der Waals surface area contributed by atoms with Gasteiger partial charge in [0.05, 0.1) is 7.11 Å². The Balaban J connectivity index is -0.0000000975. The number of methoxy groups -OCH3 is 1. The second kappa shape index (κ2) is 39.8. The molecule has 0 aromatic carbocycles. The molecular weight excluding hydrogens is 1080 g/mol. The van der Waals surface area contributed by atoms with Gasteiger partial charge in [-0.1, -0.05) is 57.3 Å². The molecule has 1 N–H and O–H groups in total. The van der Waals surface area contributed by atoms with E-state index in [2.05, 4.69) is 105 Å². The van der Waals surface area contributed by atoms with Crippen molar-refractivity contribution in [2.75, 3.05) is 12.0 Å². The Morgan fingerprint density at radius 1 is 1.00 bits per heavy atom. The van der Waals surface area contributed by atoms with Gasteiger partial charge in [-0.15, -0.1) is 6.58 Å². The van der Waals surface area contributed by atoms with Gasteiger partial charge in [-0.2, -0.15) is 0 Å². The van der Waals surface area contributed by atoms with Crippen molar-refractivity contribution in [3.63, 3.8) is 0 Å². The molecule has 0 aliphatic carbocycles. The van der Waals surface area contributed by atoms with E-state index < -0.39 is 17.6 Å². The van der Waals surface area contributed by atoms with Gasteiger partial charge in [0, 0.05) is 12.2 Å². The molecule has 31 heavy (non-hydrogen) atoms. The van der Waals surface area contributed by atoms with E-state index in [1.165, 1.54) is 24.8 Å². The molecule has 4 nitrogen and oxygen atoms in total. The quantitative estimate of drug-likeness (QED) is 0.0501. The standard InChI is InChI=1S/C8H14O2.C7H12O2.C4H8.CH3I3.BI3/c1-3-4-5-6-7-8(9)10-2;1-2-3-4-5-6-7(8)9;3*1-4(2)3/h6-7H,3-5H2,1-2H3;5-6H,2-4H2,1H3,(H,8,9);1H2,2-3H3;1H3;/b7-6+;6-5+;;;. The SMILES string of the molecule is C=C(C)C.CCCC/C=C/C(=O)O.CCCC/C=C/C(=O)OC.CI(I)I.[B]I(I)I. The summed E-state index contributed by atoms with van der Waals surface area (Å²) in [6.45, 7) is 11.7. The number of hydrogen-bond donors (Lipinski definition) is 1. The molecule has 0 amide bonds. The Morgan fingerprint density at radius 3 is 1.52 bits per heavy atom. The van der Waals surface area contributed by atoms with Gasteiger partial charge < -0.3 is 9.84 Å². The topological polar surface area (TPSA) is 63.6 Å². The van der Waals surface area contributed by atoms with Crippen LogP contribution in [0.25, 0.3) is 0 Å². The number of hydrogen-bond acceptors (Lipinski definition) is 3. The number of esters is 1. The van der Waals surface area contributed by atoms with E-state index in [0.717, 1.165) is 38.5 Å². The van der Waals surface area contributed by atoms with Crippen molar-refractivity contribution < 1.29 is 19.4 Å². The molecule has 2 radical (unpaired) electrons. The Morgan fingerprint density at radius 2 is 1.29 bits per heavy atom. The molecule has 0 spiro atoms. The zero-order chi connectivity index (χ0) is 25.7. The average molecular weight is 1110 g/mol. The fraction of sp³-hybridized carbons (Fsp3) is 0.600. The fourth-order valence-corrected chi connectivity index (χ4v) is 1.08. The molecule has 11 heteroatoms. The van der Waals surface area contributed by atoms with Crippen molar-refractivity contribution in [1.29, 1.82) is 0 Å². The summed E-state index contributed by atoms with van der Waals surface area (Å²) in [6.07, 6.45) is 12.5. The zero-order valence-electron chi connectivity index (χ0n) is 19.3. The zero-order valence-corrected chi connectivity index (χ0v) is 32.2. The summed E-state index contributed by atoms with van der Waals surface area (Å²) in [7, 11) is 1.38. The van der Waals surface area contributed by atoms with Crippen molar-refractivity contribution in [3.05, 3.63) is 36.5 Å². The second-order valence-electron chi connectivity index (χ2n) is 5.72. The van der Waals surface area contributed by atoms with Crippen LogP contribution in [0, 0.1) is 0 Å². The molecule has 0 bridgehead atoms. The van der Waals surface area contributed by atoms with E-state index in [4.69, 9.17) is 10.8 Å². The van der Waals surface area contributed by atoms with Gasteiger partial charge in [-0.3, -0.25) is 0 Å². The summed E-state index contributed by atoms with van der Waals surface area (Å²) < 4.78 is 4.40. The number of allylic oxidation sites excluding steroid dienone is 3. The number of alkyl halides is 1. The van der Waals surface area contributed by atoms with Crippen LogP contribution >= 0.6 is 98.0 Å². The number of carbonyl (C=O) groups excluding carboxylic acids is 1. The van der Waals surface area contributed by atoms with Crippen LogP contribution in [-0.2, 0) is 14.3 Å². The van der Waals surface area contributed by atoms with Gasteiger partial charge in [-0.25, -0.2) is 9.59 Å². The van der Waals surface area contributed by atoms with Crippen LogP contribution in [0.2, 0.25) is 0 Å². The third-order valence-electron chi connectivity index (χ3n) is 2.16. The number of carbonyl (C=O) groups is 2. The third-order valence-corrected chi connectivity index (χ3v) is 2.16. The molecule has 0 fully saturated rings. The summed E-state index contributed by atoms with van der Waals surface area (Å²) in [5, 5.41) is 8.13. The molecule has 0 unspecified atom stereocenters. The van der Waals surface area contributed by atoms with E-state index in [0.29, 0.717) is 0 Å². The molecule has 0 saturated heterocycles. The van der Waals surface area contributed by atoms with Gasteiger partial charge in [0.2, 0.25) is 0 Å². The van der Waals surface area contributed by atoms with E-state index in [1.807, 2.05) is 19.9 Å². The van der Waals surface area contributed by atoms with Crippen LogP contribution in [0.3, 0.4) is 0 Å². The Bertz CT molecular complexity index is 443. The van der Waals surface area contributed by atoms with E-state index in [9.17, 15) is 9.59 Å². The molecule has 0 aromatic heterocycles. The van der Waals surface area contributed by atoms with Crippen molar-refractivity contribution >= 4 is 116 Å². The summed E-state index contributed by atoms with van der Waals surface area (Å²) in [5.74, 6) is -1.12. The normalized spacial score (nSPS) is 10.0. The number of carboxylic acid groups (broad SMARTS) is 1. The molecule has 0 heterocycles. The Hall–Kier alpha value is 2.60. The van der Waals surface area contributed by atoms with Crippen molar-refractivity contribution in [2.24, 2.45) is 0 Å². The minimum atomic E-state index is -0.855. The predicted molar refractivity (Wildman–Crippen MR) is 193 cm³/mol. The molecular formula is C20H37BI6O4. The molecule has 0 aliphatic rings. The number of aliphatic carboxylic acids is 1. The first-order valence-electron chi connectivity index (χ1n) is 9.24. The number of rotatable bonds is 8. The second-order valence-corrected chi connectivity index (χ2v) is 58.0. The number of unbranched alkanes of at least 4 members (excludes halogenated alkanes) is 4. The van der Waals surface area contributed by atoms with Crippen molar-refractivity contribution in [2.45, 2.75) is 66.2 Å². The van der Waals surface area contributed by atoms with Crippen LogP contribution in [0.4, 0.5) is 0 Å². The summed E-state index contributed by atoms with van der Waals surface area (Å²) in [5.41, 5.74) is 6.41. The molecule has 0 aliphatic heterocycles. The van der Waals surface area contributed by atoms with Gasteiger partial charge in [0.1, 0.15) is 0 Å². The van der Waals surface area contributed by atoms with E-state index in [1.54, 1.807) is 6.08 Å². The molecule has 0 saturated carbocycles. The molecule has 0 rings (SSSR count). The Kier molecular flexibility index (Phi) is 56.1. The van der Waals surface area contributed by atoms with Crippen LogP contribution in [0.15, 0.2) is 36.5 Å². The van der Waals surface area contributed by atoms with Gasteiger partial charge >= 0.3 is 121 Å². The van der Waals surface area contributed by atoms with Gasteiger partial charge in [-0.05, 0) is 26.7 Å². The minimum absolute atomic E-state index is 0.267. The van der Waals surface area contributed by atoms with E-state index in [-0.39, 0.29) is 17.8 Å². The maximum absolute atomic E-state index is 10.5. The first kappa shape index (κ1) is 43.7. The molecule has 186 valence electrons. The van der Waals surface area contributed by atoms with Crippen LogP contribution in [0.5, 0.6) is 0 Å². The monoisotopic (exact) mass is 1110 g/mol. The first-order valence-corrected chi connectivity index (χ1v) is 37.8. The van der Waals surface area contributed by atoms with Crippen molar-refractivity contribution in [3.8, 4) is 0 Å².